The Morgan fingerprint density at radius 3 is 2.24 bits per heavy atom. The Kier molecular flexibility index (Phi) is 9.73. The molecule has 11 heteroatoms. The summed E-state index contributed by atoms with van der Waals surface area (Å²) >= 11 is 12.3. The van der Waals surface area contributed by atoms with Gasteiger partial charge in [0.25, 0.3) is 0 Å². The third kappa shape index (κ3) is 7.58. The molecule has 2 atom stereocenters. The van der Waals surface area contributed by atoms with Crippen LogP contribution in [0.25, 0.3) is 0 Å². The lowest BCUT2D eigenvalue weighted by Crippen LogP contribution is -2.52. The van der Waals surface area contributed by atoms with Crippen molar-refractivity contribution in [3.8, 4) is 0 Å². The van der Waals surface area contributed by atoms with E-state index in [4.69, 9.17) is 23.2 Å². The van der Waals surface area contributed by atoms with E-state index < -0.39 is 34.3 Å². The van der Waals surface area contributed by atoms with Crippen LogP contribution in [0.2, 0.25) is 10.0 Å². The number of nitrogens with one attached hydrogen (secondary N) is 1. The minimum absolute atomic E-state index is 0.0506. The first-order chi connectivity index (χ1) is 15.8. The summed E-state index contributed by atoms with van der Waals surface area (Å²) < 4.78 is 39.1. The molecule has 0 aromatic heterocycles. The highest BCUT2D eigenvalue weighted by Gasteiger charge is 2.30. The Hall–Kier alpha value is -2.36. The molecule has 0 bridgehead atoms. The van der Waals surface area contributed by atoms with Gasteiger partial charge in [-0.1, -0.05) is 36.2 Å². The maximum Gasteiger partial charge on any atom is 0.244 e. The first-order valence-electron chi connectivity index (χ1n) is 10.6. The van der Waals surface area contributed by atoms with Gasteiger partial charge in [-0.2, -0.15) is 0 Å². The SMILES string of the molecule is CC[C@H](C)NC(=O)[C@H](C)N(Cc1ccc(Cl)cc1Cl)C(=O)CN(c1ccc(F)cc1)S(C)(=O)=O. The highest BCUT2D eigenvalue weighted by Crippen LogP contribution is 2.24. The van der Waals surface area contributed by atoms with E-state index in [0.717, 1.165) is 22.7 Å². The Bertz CT molecular complexity index is 1130. The quantitative estimate of drug-likeness (QED) is 0.496. The summed E-state index contributed by atoms with van der Waals surface area (Å²) in [6, 6.07) is 8.46. The van der Waals surface area contributed by atoms with Crippen LogP contribution in [-0.2, 0) is 26.2 Å². The molecule has 1 N–H and O–H groups in total. The average Bonchev–Trinajstić information content (AvgIpc) is 2.76. The predicted molar refractivity (Wildman–Crippen MR) is 133 cm³/mol. The van der Waals surface area contributed by atoms with Crippen molar-refractivity contribution in [2.75, 3.05) is 17.1 Å². The number of nitrogens with zero attached hydrogens (tertiary/aromatic N) is 2. The van der Waals surface area contributed by atoms with E-state index in [0.29, 0.717) is 22.0 Å². The number of hydrogen-bond donors (Lipinski definition) is 1. The molecule has 0 unspecified atom stereocenters. The molecule has 2 aromatic rings. The molecule has 0 spiro atoms. The van der Waals surface area contributed by atoms with Gasteiger partial charge in [-0.3, -0.25) is 13.9 Å². The van der Waals surface area contributed by atoms with Crippen molar-refractivity contribution in [2.45, 2.75) is 45.8 Å². The third-order valence-corrected chi connectivity index (χ3v) is 7.05. The molecule has 2 rings (SSSR count). The molecule has 0 saturated heterocycles. The number of benzene rings is 2. The molecule has 0 aliphatic heterocycles. The molecule has 7 nitrogen and oxygen atoms in total. The van der Waals surface area contributed by atoms with Gasteiger partial charge in [0, 0.05) is 22.6 Å². The summed E-state index contributed by atoms with van der Waals surface area (Å²) in [6.07, 6.45) is 1.64. The monoisotopic (exact) mass is 531 g/mol. The van der Waals surface area contributed by atoms with Gasteiger partial charge in [-0.15, -0.1) is 0 Å². The fraction of sp³-hybridized carbons (Fsp3) is 0.391. The highest BCUT2D eigenvalue weighted by molar-refractivity contribution is 7.92. The number of halogens is 3. The molecule has 0 heterocycles. The lowest BCUT2D eigenvalue weighted by molar-refractivity contribution is -0.139. The number of carbonyl (C=O) groups is 2. The maximum absolute atomic E-state index is 13.4. The molecule has 2 amide bonds. The summed E-state index contributed by atoms with van der Waals surface area (Å²) in [5.74, 6) is -1.56. The largest absolute Gasteiger partial charge is 0.352 e. The molecule has 2 aromatic carbocycles. The maximum atomic E-state index is 13.4. The standard InChI is InChI=1S/C23H28Cl2FN3O4S/c1-5-15(2)27-23(31)16(3)28(13-17-6-7-18(24)12-21(17)25)22(30)14-29(34(4,32)33)20-10-8-19(26)9-11-20/h6-12,15-16H,5,13-14H2,1-4H3,(H,27,31)/t15-,16-/m0/s1. The lowest BCUT2D eigenvalue weighted by atomic mass is 10.1. The summed E-state index contributed by atoms with van der Waals surface area (Å²) in [5, 5.41) is 3.55. The Labute approximate surface area is 209 Å². The fourth-order valence-corrected chi connectivity index (χ4v) is 4.42. The van der Waals surface area contributed by atoms with Crippen LogP contribution in [0.3, 0.4) is 0 Å². The van der Waals surface area contributed by atoms with Gasteiger partial charge in [0.15, 0.2) is 0 Å². The number of anilines is 1. The van der Waals surface area contributed by atoms with E-state index in [1.807, 2.05) is 13.8 Å². The van der Waals surface area contributed by atoms with Crippen molar-refractivity contribution in [1.82, 2.24) is 10.2 Å². The van der Waals surface area contributed by atoms with Crippen LogP contribution in [0, 0.1) is 5.82 Å². The van der Waals surface area contributed by atoms with Crippen molar-refractivity contribution < 1.29 is 22.4 Å². The summed E-state index contributed by atoms with van der Waals surface area (Å²) in [7, 11) is -3.90. The second kappa shape index (κ2) is 11.9. The highest BCUT2D eigenvalue weighted by atomic mass is 35.5. The van der Waals surface area contributed by atoms with Crippen LogP contribution >= 0.6 is 23.2 Å². The molecule has 0 saturated carbocycles. The zero-order chi connectivity index (χ0) is 25.6. The lowest BCUT2D eigenvalue weighted by Gasteiger charge is -2.32. The zero-order valence-electron chi connectivity index (χ0n) is 19.4. The van der Waals surface area contributed by atoms with Gasteiger partial charge >= 0.3 is 0 Å². The number of sulfonamides is 1. The number of carbonyl (C=O) groups excluding carboxylic acids is 2. The molecular weight excluding hydrogens is 504 g/mol. The van der Waals surface area contributed by atoms with Crippen molar-refractivity contribution in [1.29, 1.82) is 0 Å². The van der Waals surface area contributed by atoms with Crippen molar-refractivity contribution in [2.24, 2.45) is 0 Å². The van der Waals surface area contributed by atoms with Crippen LogP contribution in [0.1, 0.15) is 32.8 Å². The third-order valence-electron chi connectivity index (χ3n) is 5.32. The van der Waals surface area contributed by atoms with E-state index in [1.165, 1.54) is 23.1 Å². The van der Waals surface area contributed by atoms with E-state index in [2.05, 4.69) is 5.32 Å². The second-order valence-corrected chi connectivity index (χ2v) is 10.7. The fourth-order valence-electron chi connectivity index (χ4n) is 3.10. The number of rotatable bonds is 10. The molecule has 34 heavy (non-hydrogen) atoms. The first kappa shape index (κ1) is 27.9. The minimum atomic E-state index is -3.90. The van der Waals surface area contributed by atoms with E-state index >= 15 is 0 Å². The zero-order valence-corrected chi connectivity index (χ0v) is 21.7. The summed E-state index contributed by atoms with van der Waals surface area (Å²) in [6.45, 7) is 4.68. The van der Waals surface area contributed by atoms with Gasteiger partial charge < -0.3 is 10.2 Å². The van der Waals surface area contributed by atoms with Crippen LogP contribution in [-0.4, -0.2) is 50.0 Å². The van der Waals surface area contributed by atoms with Crippen LogP contribution < -0.4 is 9.62 Å². The van der Waals surface area contributed by atoms with Crippen molar-refractivity contribution in [3.63, 3.8) is 0 Å². The summed E-state index contributed by atoms with van der Waals surface area (Å²) in [5.41, 5.74) is 0.661. The summed E-state index contributed by atoms with van der Waals surface area (Å²) in [4.78, 5) is 27.5. The molecule has 0 fully saturated rings. The smallest absolute Gasteiger partial charge is 0.244 e. The van der Waals surface area contributed by atoms with Gasteiger partial charge in [0.05, 0.1) is 11.9 Å². The van der Waals surface area contributed by atoms with E-state index in [1.54, 1.807) is 19.1 Å². The number of hydrogen-bond acceptors (Lipinski definition) is 4. The van der Waals surface area contributed by atoms with Gasteiger partial charge in [-0.25, -0.2) is 12.8 Å². The van der Waals surface area contributed by atoms with Crippen LogP contribution in [0.15, 0.2) is 42.5 Å². The Morgan fingerprint density at radius 1 is 1.09 bits per heavy atom. The van der Waals surface area contributed by atoms with Crippen molar-refractivity contribution >= 4 is 50.7 Å². The molecule has 0 radical (unpaired) electrons. The number of amides is 2. The minimum Gasteiger partial charge on any atom is -0.352 e. The first-order valence-corrected chi connectivity index (χ1v) is 13.2. The van der Waals surface area contributed by atoms with E-state index in [9.17, 15) is 22.4 Å². The van der Waals surface area contributed by atoms with Crippen LogP contribution in [0.4, 0.5) is 10.1 Å². The molecule has 186 valence electrons. The van der Waals surface area contributed by atoms with E-state index in [-0.39, 0.29) is 24.2 Å². The van der Waals surface area contributed by atoms with Gasteiger partial charge in [0.1, 0.15) is 18.4 Å². The topological polar surface area (TPSA) is 86.8 Å². The predicted octanol–water partition coefficient (Wildman–Crippen LogP) is 4.23. The van der Waals surface area contributed by atoms with Gasteiger partial charge in [-0.05, 0) is 62.2 Å². The average molecular weight is 532 g/mol. The second-order valence-electron chi connectivity index (χ2n) is 8.00. The van der Waals surface area contributed by atoms with Gasteiger partial charge in [0.2, 0.25) is 21.8 Å². The van der Waals surface area contributed by atoms with Crippen molar-refractivity contribution in [3.05, 3.63) is 63.9 Å². The Balaban J connectivity index is 2.41. The van der Waals surface area contributed by atoms with Crippen LogP contribution in [0.5, 0.6) is 0 Å². The molecule has 0 aliphatic carbocycles. The normalized spacial score (nSPS) is 13.1. The molecular formula is C23H28Cl2FN3O4S. The molecule has 0 aliphatic rings. The Morgan fingerprint density at radius 2 is 1.71 bits per heavy atom.